The van der Waals surface area contributed by atoms with Gasteiger partial charge in [0.1, 0.15) is 17.1 Å². The maximum atomic E-state index is 13.8. The molecule has 1 fully saturated rings. The van der Waals surface area contributed by atoms with Gasteiger partial charge in [-0.15, -0.1) is 0 Å². The Labute approximate surface area is 189 Å². The molecule has 2 aliphatic heterocycles. The third kappa shape index (κ3) is 2.45. The zero-order chi connectivity index (χ0) is 22.4. The van der Waals surface area contributed by atoms with E-state index in [1.54, 1.807) is 13.2 Å². The number of aromatic nitrogens is 1. The van der Waals surface area contributed by atoms with Crippen molar-refractivity contribution in [2.75, 3.05) is 7.11 Å². The second kappa shape index (κ2) is 6.36. The number of hydrogen-bond donors (Lipinski definition) is 0. The van der Waals surface area contributed by atoms with Crippen LogP contribution in [0.25, 0.3) is 32.6 Å². The highest BCUT2D eigenvalue weighted by molar-refractivity contribution is 7.79. The van der Waals surface area contributed by atoms with Crippen molar-refractivity contribution in [1.82, 2.24) is 4.57 Å². The van der Waals surface area contributed by atoms with Gasteiger partial charge in [0, 0.05) is 30.7 Å². The number of ether oxygens (including phenoxy) is 4. The maximum absolute atomic E-state index is 13.8. The fourth-order valence-electron chi connectivity index (χ4n) is 5.08. The fourth-order valence-corrected chi connectivity index (χ4v) is 5.29. The van der Waals surface area contributed by atoms with Crippen molar-refractivity contribution >= 4 is 50.0 Å². The van der Waals surface area contributed by atoms with E-state index < -0.39 is 17.8 Å². The molecule has 1 saturated heterocycles. The number of thiocarbonyl (C=S) groups is 1. The van der Waals surface area contributed by atoms with Crippen molar-refractivity contribution < 1.29 is 18.9 Å². The summed E-state index contributed by atoms with van der Waals surface area (Å²) >= 11 is 5.23. The number of aryl methyl sites for hydroxylation is 1. The Bertz CT molecular complexity index is 1540. The molecule has 0 aliphatic carbocycles. The summed E-state index contributed by atoms with van der Waals surface area (Å²) < 4.78 is 25.8. The Balaban J connectivity index is 1.81. The van der Waals surface area contributed by atoms with Crippen LogP contribution in [0.4, 0.5) is 0 Å². The van der Waals surface area contributed by atoms with Gasteiger partial charge in [0.2, 0.25) is 5.43 Å². The van der Waals surface area contributed by atoms with E-state index in [2.05, 4.69) is 0 Å². The predicted octanol–water partition coefficient (Wildman–Crippen LogP) is 4.77. The van der Waals surface area contributed by atoms with E-state index in [0.717, 1.165) is 21.9 Å². The summed E-state index contributed by atoms with van der Waals surface area (Å²) in [6.45, 7) is 3.88. The zero-order valence-electron chi connectivity index (χ0n) is 18.1. The molecule has 0 spiro atoms. The van der Waals surface area contributed by atoms with Crippen molar-refractivity contribution in [3.8, 4) is 11.5 Å². The quantitative estimate of drug-likeness (QED) is 0.310. The summed E-state index contributed by atoms with van der Waals surface area (Å²) in [6.07, 6.45) is -0.917. The topological polar surface area (TPSA) is 58.9 Å². The van der Waals surface area contributed by atoms with E-state index in [4.69, 9.17) is 31.2 Å². The van der Waals surface area contributed by atoms with Gasteiger partial charge in [-0.25, -0.2) is 0 Å². The van der Waals surface area contributed by atoms with Gasteiger partial charge in [-0.05, 0) is 36.8 Å². The highest BCUT2D eigenvalue weighted by Crippen LogP contribution is 2.51. The molecule has 6 rings (SSSR count). The normalized spacial score (nSPS) is 21.1. The summed E-state index contributed by atoms with van der Waals surface area (Å²) in [7, 11) is 3.51. The van der Waals surface area contributed by atoms with Gasteiger partial charge < -0.3 is 23.5 Å². The summed E-state index contributed by atoms with van der Waals surface area (Å²) in [5.41, 5.74) is 1.49. The molecule has 2 atom stereocenters. The van der Waals surface area contributed by atoms with Gasteiger partial charge in [0.15, 0.2) is 12.2 Å². The minimum Gasteiger partial charge on any atom is -0.496 e. The molecule has 32 heavy (non-hydrogen) atoms. The highest BCUT2D eigenvalue weighted by atomic mass is 32.1. The molecule has 2 aliphatic rings. The molecule has 3 heterocycles. The lowest BCUT2D eigenvalue weighted by molar-refractivity contribution is -0.0479. The van der Waals surface area contributed by atoms with Crippen LogP contribution in [0.3, 0.4) is 0 Å². The molecule has 6 nitrogen and oxygen atoms in total. The van der Waals surface area contributed by atoms with Crippen LogP contribution in [0.15, 0.2) is 47.3 Å². The zero-order valence-corrected chi connectivity index (χ0v) is 18.9. The summed E-state index contributed by atoms with van der Waals surface area (Å²) in [5, 5.41) is 3.27. The SMILES string of the molecule is COc1cc2c(c3c1c(=O)c1cc4ccccc4cc1n3C)C1OC(=S)OC1C(C)(C)O2. The number of rotatable bonds is 1. The molecule has 3 aromatic carbocycles. The summed E-state index contributed by atoms with van der Waals surface area (Å²) in [6, 6.07) is 13.8. The summed E-state index contributed by atoms with van der Waals surface area (Å²) in [4.78, 5) is 13.8. The van der Waals surface area contributed by atoms with Crippen LogP contribution < -0.4 is 14.9 Å². The van der Waals surface area contributed by atoms with E-state index in [-0.39, 0.29) is 10.7 Å². The fraction of sp³-hybridized carbons (Fsp3) is 0.280. The van der Waals surface area contributed by atoms with Gasteiger partial charge in [-0.1, -0.05) is 24.3 Å². The van der Waals surface area contributed by atoms with Gasteiger partial charge in [-0.2, -0.15) is 0 Å². The van der Waals surface area contributed by atoms with Crippen molar-refractivity contribution in [1.29, 1.82) is 0 Å². The van der Waals surface area contributed by atoms with Gasteiger partial charge in [0.05, 0.1) is 29.1 Å². The minimum atomic E-state index is -0.678. The van der Waals surface area contributed by atoms with Crippen molar-refractivity contribution in [3.63, 3.8) is 0 Å². The largest absolute Gasteiger partial charge is 0.496 e. The van der Waals surface area contributed by atoms with E-state index in [1.165, 1.54) is 0 Å². The molecule has 2 unspecified atom stereocenters. The lowest BCUT2D eigenvalue weighted by Crippen LogP contribution is -2.48. The molecule has 1 aromatic heterocycles. The molecule has 0 N–H and O–H groups in total. The average molecular weight is 448 g/mol. The maximum Gasteiger partial charge on any atom is 0.353 e. The van der Waals surface area contributed by atoms with Crippen LogP contribution in [-0.4, -0.2) is 28.6 Å². The number of hydrogen-bond acceptors (Lipinski definition) is 6. The van der Waals surface area contributed by atoms with Crippen LogP contribution in [0.5, 0.6) is 11.5 Å². The first kappa shape index (κ1) is 19.4. The van der Waals surface area contributed by atoms with Crippen LogP contribution >= 0.6 is 12.2 Å². The van der Waals surface area contributed by atoms with Crippen molar-refractivity contribution in [3.05, 3.63) is 58.3 Å². The molecule has 7 heteroatoms. The van der Waals surface area contributed by atoms with Crippen LogP contribution in [0.1, 0.15) is 25.5 Å². The molecule has 4 aromatic rings. The highest BCUT2D eigenvalue weighted by Gasteiger charge is 2.53. The van der Waals surface area contributed by atoms with Crippen LogP contribution in [0.2, 0.25) is 0 Å². The van der Waals surface area contributed by atoms with Gasteiger partial charge in [0.25, 0.3) is 0 Å². The molecule has 0 saturated carbocycles. The first-order chi connectivity index (χ1) is 15.3. The second-order valence-electron chi connectivity index (χ2n) is 8.85. The Morgan fingerprint density at radius 1 is 1.09 bits per heavy atom. The first-order valence-electron chi connectivity index (χ1n) is 10.4. The first-order valence-corrected chi connectivity index (χ1v) is 10.8. The lowest BCUT2D eigenvalue weighted by Gasteiger charge is -2.39. The van der Waals surface area contributed by atoms with Crippen LogP contribution in [0, 0.1) is 0 Å². The van der Waals surface area contributed by atoms with E-state index in [0.29, 0.717) is 27.8 Å². The molecule has 0 radical (unpaired) electrons. The standard InChI is InChI=1S/C25H21NO5S/c1-25(2)23-22(29-24(32)30-23)19-17(31-25)11-16(28-4)18-20(19)26(3)15-10-13-8-6-5-7-12(13)9-14(15)21(18)27/h5-11,22-23H,1-4H3. The third-order valence-electron chi connectivity index (χ3n) is 6.58. The summed E-state index contributed by atoms with van der Waals surface area (Å²) in [5.74, 6) is 1.06. The molecule has 0 bridgehead atoms. The average Bonchev–Trinajstić information content (AvgIpc) is 3.17. The van der Waals surface area contributed by atoms with Crippen molar-refractivity contribution in [2.24, 2.45) is 7.05 Å². The monoisotopic (exact) mass is 447 g/mol. The Hall–Kier alpha value is -3.32. The predicted molar refractivity (Wildman–Crippen MR) is 127 cm³/mol. The van der Waals surface area contributed by atoms with Crippen LogP contribution in [-0.2, 0) is 16.5 Å². The molecule has 0 amide bonds. The van der Waals surface area contributed by atoms with E-state index in [1.807, 2.05) is 61.9 Å². The lowest BCUT2D eigenvalue weighted by atomic mass is 9.86. The Kier molecular flexibility index (Phi) is 3.85. The number of pyridine rings is 1. The number of fused-ring (bicyclic) bond motifs is 7. The molecule has 162 valence electrons. The van der Waals surface area contributed by atoms with E-state index in [9.17, 15) is 4.79 Å². The third-order valence-corrected chi connectivity index (χ3v) is 6.77. The van der Waals surface area contributed by atoms with Crippen molar-refractivity contribution in [2.45, 2.75) is 31.7 Å². The number of benzene rings is 3. The molecular weight excluding hydrogens is 426 g/mol. The number of nitrogens with zero attached hydrogens (tertiary/aromatic N) is 1. The van der Waals surface area contributed by atoms with Gasteiger partial charge in [-0.3, -0.25) is 4.79 Å². The number of methoxy groups -OCH3 is 1. The smallest absolute Gasteiger partial charge is 0.353 e. The molecular formula is C25H21NO5S. The Morgan fingerprint density at radius 3 is 2.53 bits per heavy atom. The Morgan fingerprint density at radius 2 is 1.81 bits per heavy atom. The van der Waals surface area contributed by atoms with E-state index >= 15 is 0 Å². The minimum absolute atomic E-state index is 0.0882. The second-order valence-corrected chi connectivity index (χ2v) is 9.18. The van der Waals surface area contributed by atoms with Gasteiger partial charge >= 0.3 is 5.24 Å².